The number of carbonyl (C=O) groups is 1. The molecule has 1 aliphatic rings. The van der Waals surface area contributed by atoms with Gasteiger partial charge < -0.3 is 15.4 Å². The Hall–Kier alpha value is -0.860. The van der Waals surface area contributed by atoms with Crippen molar-refractivity contribution in [3.05, 3.63) is 0 Å². The van der Waals surface area contributed by atoms with Gasteiger partial charge in [0.05, 0.1) is 6.04 Å². The van der Waals surface area contributed by atoms with E-state index in [1.807, 2.05) is 20.8 Å². The number of hydrogen-bond donors (Lipinski definition) is 1. The molecule has 1 rings (SSSR count). The van der Waals surface area contributed by atoms with E-state index in [0.29, 0.717) is 39.1 Å². The van der Waals surface area contributed by atoms with Gasteiger partial charge in [-0.05, 0) is 11.8 Å². The molecule has 1 fully saturated rings. The van der Waals surface area contributed by atoms with Crippen LogP contribution in [0.1, 0.15) is 27.2 Å². The molecule has 1 heterocycles. The van der Waals surface area contributed by atoms with E-state index in [4.69, 9.17) is 5.73 Å². The molecule has 1 aliphatic heterocycles. The number of halogens is 3. The molecule has 0 aliphatic carbocycles. The highest BCUT2D eigenvalue weighted by Crippen LogP contribution is 2.20. The van der Waals surface area contributed by atoms with Crippen LogP contribution >= 0.6 is 0 Å². The fourth-order valence-electron chi connectivity index (χ4n) is 2.34. The summed E-state index contributed by atoms with van der Waals surface area (Å²) in [6.45, 7) is 8.01. The minimum absolute atomic E-state index is 0.0364. The van der Waals surface area contributed by atoms with Crippen LogP contribution in [0, 0.1) is 5.41 Å². The first kappa shape index (κ1) is 20.2. The third kappa shape index (κ3) is 7.50. The summed E-state index contributed by atoms with van der Waals surface area (Å²) in [6, 6.07) is -0.523. The molecule has 0 spiro atoms. The number of rotatable bonds is 6. The second kappa shape index (κ2) is 8.30. The van der Waals surface area contributed by atoms with E-state index in [1.165, 1.54) is 0 Å². The van der Waals surface area contributed by atoms with Crippen LogP contribution in [0.2, 0.25) is 0 Å². The summed E-state index contributed by atoms with van der Waals surface area (Å²) in [6.07, 6.45) is -3.72. The van der Waals surface area contributed by atoms with E-state index in [1.54, 1.807) is 4.90 Å². The Morgan fingerprint density at radius 1 is 1.17 bits per heavy atom. The summed E-state index contributed by atoms with van der Waals surface area (Å²) in [5.74, 6) is -0.0364. The topological polar surface area (TPSA) is 58.8 Å². The van der Waals surface area contributed by atoms with Gasteiger partial charge in [-0.1, -0.05) is 20.8 Å². The van der Waals surface area contributed by atoms with Crippen LogP contribution in [-0.2, 0) is 9.53 Å². The van der Waals surface area contributed by atoms with Gasteiger partial charge in [-0.25, -0.2) is 0 Å². The number of alkyl halides is 3. The highest BCUT2D eigenvalue weighted by Gasteiger charge is 2.32. The third-order valence-electron chi connectivity index (χ3n) is 3.91. The fourth-order valence-corrected chi connectivity index (χ4v) is 2.34. The number of ether oxygens (including phenoxy) is 1. The summed E-state index contributed by atoms with van der Waals surface area (Å²) < 4.78 is 40.4. The number of nitrogens with two attached hydrogens (primary N) is 1. The summed E-state index contributed by atoms with van der Waals surface area (Å²) >= 11 is 0. The van der Waals surface area contributed by atoms with Gasteiger partial charge in [0.2, 0.25) is 5.91 Å². The van der Waals surface area contributed by atoms with Gasteiger partial charge in [-0.2, -0.15) is 13.2 Å². The SMILES string of the molecule is CC(C)(C)[C@H](N)C(=O)N1CCN(CCCOCC(F)(F)F)CC1. The molecule has 5 nitrogen and oxygen atoms in total. The number of nitrogens with zero attached hydrogens (tertiary/aromatic N) is 2. The average Bonchev–Trinajstić information content (AvgIpc) is 2.44. The first-order valence-corrected chi connectivity index (χ1v) is 7.92. The smallest absolute Gasteiger partial charge is 0.372 e. The predicted octanol–water partition coefficient (Wildman–Crippen LogP) is 1.47. The van der Waals surface area contributed by atoms with Crippen LogP contribution in [0.3, 0.4) is 0 Å². The van der Waals surface area contributed by atoms with Crippen LogP contribution in [-0.4, -0.2) is 73.9 Å². The van der Waals surface area contributed by atoms with Crippen molar-refractivity contribution in [3.8, 4) is 0 Å². The van der Waals surface area contributed by atoms with Crippen molar-refractivity contribution in [1.82, 2.24) is 9.80 Å². The Balaban J connectivity index is 2.22. The largest absolute Gasteiger partial charge is 0.411 e. The predicted molar refractivity (Wildman–Crippen MR) is 81.9 cm³/mol. The molecule has 0 aromatic carbocycles. The molecule has 136 valence electrons. The maximum absolute atomic E-state index is 12.3. The van der Waals surface area contributed by atoms with E-state index < -0.39 is 18.8 Å². The zero-order valence-electron chi connectivity index (χ0n) is 14.2. The van der Waals surface area contributed by atoms with Gasteiger partial charge in [0.1, 0.15) is 6.61 Å². The third-order valence-corrected chi connectivity index (χ3v) is 3.91. The quantitative estimate of drug-likeness (QED) is 0.745. The molecule has 1 saturated heterocycles. The van der Waals surface area contributed by atoms with Gasteiger partial charge in [0.25, 0.3) is 0 Å². The zero-order chi connectivity index (χ0) is 17.7. The van der Waals surface area contributed by atoms with Gasteiger partial charge in [-0.3, -0.25) is 9.69 Å². The summed E-state index contributed by atoms with van der Waals surface area (Å²) in [5.41, 5.74) is 5.72. The van der Waals surface area contributed by atoms with E-state index >= 15 is 0 Å². The summed E-state index contributed by atoms with van der Waals surface area (Å²) in [7, 11) is 0. The molecule has 0 radical (unpaired) electrons. The van der Waals surface area contributed by atoms with E-state index in [2.05, 4.69) is 9.64 Å². The minimum Gasteiger partial charge on any atom is -0.372 e. The van der Waals surface area contributed by atoms with Crippen molar-refractivity contribution < 1.29 is 22.7 Å². The molecule has 23 heavy (non-hydrogen) atoms. The Morgan fingerprint density at radius 3 is 2.22 bits per heavy atom. The lowest BCUT2D eigenvalue weighted by Gasteiger charge is -2.38. The van der Waals surface area contributed by atoms with E-state index in [9.17, 15) is 18.0 Å². The first-order chi connectivity index (χ1) is 10.5. The van der Waals surface area contributed by atoms with Crippen molar-refractivity contribution in [2.24, 2.45) is 11.1 Å². The Kier molecular flexibility index (Phi) is 7.29. The molecular weight excluding hydrogens is 311 g/mol. The molecular formula is C15H28F3N3O2. The standard InChI is InChI=1S/C15H28F3N3O2/c1-14(2,3)12(19)13(22)21-8-6-20(7-9-21)5-4-10-23-11-15(16,17)18/h12H,4-11,19H2,1-3H3/t12-/m1/s1. The molecule has 0 unspecified atom stereocenters. The molecule has 2 N–H and O–H groups in total. The monoisotopic (exact) mass is 339 g/mol. The number of carbonyl (C=O) groups excluding carboxylic acids is 1. The van der Waals surface area contributed by atoms with Crippen molar-refractivity contribution >= 4 is 5.91 Å². The molecule has 1 atom stereocenters. The van der Waals surface area contributed by atoms with Crippen LogP contribution < -0.4 is 5.73 Å². The first-order valence-electron chi connectivity index (χ1n) is 7.92. The summed E-state index contributed by atoms with van der Waals surface area (Å²) in [4.78, 5) is 16.2. The molecule has 1 amide bonds. The number of amides is 1. The van der Waals surface area contributed by atoms with Crippen LogP contribution in [0.15, 0.2) is 0 Å². The minimum atomic E-state index is -4.27. The zero-order valence-corrected chi connectivity index (χ0v) is 14.2. The maximum Gasteiger partial charge on any atom is 0.411 e. The Labute approximate surface area is 135 Å². The van der Waals surface area contributed by atoms with Crippen molar-refractivity contribution in [2.75, 3.05) is 45.9 Å². The highest BCUT2D eigenvalue weighted by molar-refractivity contribution is 5.82. The lowest BCUT2D eigenvalue weighted by atomic mass is 9.86. The maximum atomic E-state index is 12.3. The van der Waals surface area contributed by atoms with Gasteiger partial charge in [0.15, 0.2) is 0 Å². The van der Waals surface area contributed by atoms with Crippen molar-refractivity contribution in [1.29, 1.82) is 0 Å². The van der Waals surface area contributed by atoms with Crippen LogP contribution in [0.5, 0.6) is 0 Å². The van der Waals surface area contributed by atoms with Crippen molar-refractivity contribution in [3.63, 3.8) is 0 Å². The molecule has 0 aromatic rings. The fraction of sp³-hybridized carbons (Fsp3) is 0.933. The molecule has 0 saturated carbocycles. The van der Waals surface area contributed by atoms with Crippen LogP contribution in [0.4, 0.5) is 13.2 Å². The van der Waals surface area contributed by atoms with Crippen molar-refractivity contribution in [2.45, 2.75) is 39.4 Å². The van der Waals surface area contributed by atoms with Gasteiger partial charge in [-0.15, -0.1) is 0 Å². The lowest BCUT2D eigenvalue weighted by Crippen LogP contribution is -2.56. The highest BCUT2D eigenvalue weighted by atomic mass is 19.4. The molecule has 0 bridgehead atoms. The molecule has 0 aromatic heterocycles. The second-order valence-electron chi connectivity index (χ2n) is 7.03. The lowest BCUT2D eigenvalue weighted by molar-refractivity contribution is -0.174. The van der Waals surface area contributed by atoms with Gasteiger partial charge >= 0.3 is 6.18 Å². The number of piperazine rings is 1. The van der Waals surface area contributed by atoms with E-state index in [0.717, 1.165) is 0 Å². The average molecular weight is 339 g/mol. The number of hydrogen-bond acceptors (Lipinski definition) is 4. The normalized spacial score (nSPS) is 19.0. The van der Waals surface area contributed by atoms with Crippen LogP contribution in [0.25, 0.3) is 0 Å². The Morgan fingerprint density at radius 2 is 1.74 bits per heavy atom. The van der Waals surface area contributed by atoms with Gasteiger partial charge in [0, 0.05) is 39.3 Å². The van der Waals surface area contributed by atoms with E-state index in [-0.39, 0.29) is 17.9 Å². The Bertz CT molecular complexity index is 375. The summed E-state index contributed by atoms with van der Waals surface area (Å²) in [5, 5.41) is 0. The second-order valence-corrected chi connectivity index (χ2v) is 7.03. The molecule has 8 heteroatoms.